The molecule has 0 heterocycles. The lowest BCUT2D eigenvalue weighted by Crippen LogP contribution is -2.12. The van der Waals surface area contributed by atoms with Crippen molar-refractivity contribution in [3.63, 3.8) is 0 Å². The lowest BCUT2D eigenvalue weighted by molar-refractivity contribution is 0.654. The molecular formula is C9H14OSi2. The highest BCUT2D eigenvalue weighted by atomic mass is 28.3. The van der Waals surface area contributed by atoms with Gasteiger partial charge in [-0.2, -0.15) is 0 Å². The van der Waals surface area contributed by atoms with Crippen molar-refractivity contribution in [3.05, 3.63) is 35.9 Å². The van der Waals surface area contributed by atoms with Gasteiger partial charge in [0.15, 0.2) is 10.5 Å². The molecule has 12 heavy (non-hydrogen) atoms. The summed E-state index contributed by atoms with van der Waals surface area (Å²) in [5.74, 6) is 0. The fourth-order valence-electron chi connectivity index (χ4n) is 1.09. The summed E-state index contributed by atoms with van der Waals surface area (Å²) in [6, 6.07) is 11.6. The standard InChI is InChI=1S/C9H14OSi2/c1-2-12(10-11)8-9-6-4-3-5-7-9/h2-7H,8H2,1,11H3. The summed E-state index contributed by atoms with van der Waals surface area (Å²) in [6.45, 7) is 2.09. The molecular weight excluding hydrogens is 180 g/mol. The highest BCUT2D eigenvalue weighted by Gasteiger charge is 1.97. The van der Waals surface area contributed by atoms with E-state index in [4.69, 9.17) is 4.12 Å². The van der Waals surface area contributed by atoms with Crippen LogP contribution in [0.5, 0.6) is 0 Å². The average Bonchev–Trinajstić information content (AvgIpc) is 2.16. The zero-order chi connectivity index (χ0) is 8.81. The first-order valence-corrected chi connectivity index (χ1v) is 6.61. The van der Waals surface area contributed by atoms with Gasteiger partial charge >= 0.3 is 0 Å². The van der Waals surface area contributed by atoms with Crippen LogP contribution in [0.1, 0.15) is 12.5 Å². The van der Waals surface area contributed by atoms with E-state index >= 15 is 0 Å². The van der Waals surface area contributed by atoms with E-state index in [-0.39, 0.29) is 0 Å². The second kappa shape index (κ2) is 5.06. The molecule has 0 aliphatic rings. The van der Waals surface area contributed by atoms with E-state index in [9.17, 15) is 0 Å². The van der Waals surface area contributed by atoms with Crippen molar-refractivity contribution in [2.24, 2.45) is 0 Å². The van der Waals surface area contributed by atoms with Crippen molar-refractivity contribution in [1.29, 1.82) is 0 Å². The van der Waals surface area contributed by atoms with Crippen LogP contribution in [0.2, 0.25) is 0 Å². The Kier molecular flexibility index (Phi) is 3.97. The Morgan fingerprint density at radius 3 is 2.58 bits per heavy atom. The largest absolute Gasteiger partial charge is 0.612 e. The van der Waals surface area contributed by atoms with Crippen molar-refractivity contribution in [1.82, 2.24) is 0 Å². The Balaban J connectivity index is 2.64. The molecule has 0 atom stereocenters. The van der Waals surface area contributed by atoms with Crippen LogP contribution in [0.15, 0.2) is 30.3 Å². The van der Waals surface area contributed by atoms with Crippen molar-refractivity contribution in [2.45, 2.75) is 13.0 Å². The van der Waals surface area contributed by atoms with Crippen LogP contribution in [0.25, 0.3) is 0 Å². The summed E-state index contributed by atoms with van der Waals surface area (Å²) < 4.78 is 5.49. The van der Waals surface area contributed by atoms with Crippen molar-refractivity contribution in [2.75, 3.05) is 0 Å². The molecule has 1 aromatic carbocycles. The van der Waals surface area contributed by atoms with Gasteiger partial charge in [0, 0.05) is 6.04 Å². The lowest BCUT2D eigenvalue weighted by atomic mass is 10.2. The van der Waals surface area contributed by atoms with E-state index in [1.54, 1.807) is 0 Å². The smallest absolute Gasteiger partial charge is 0.216 e. The highest BCUT2D eigenvalue weighted by Crippen LogP contribution is 1.99. The summed E-state index contributed by atoms with van der Waals surface area (Å²) >= 11 is 0. The summed E-state index contributed by atoms with van der Waals surface area (Å²) in [5, 5.41) is 0. The monoisotopic (exact) mass is 194 g/mol. The van der Waals surface area contributed by atoms with Crippen LogP contribution < -0.4 is 0 Å². The molecule has 0 unspecified atom stereocenters. The van der Waals surface area contributed by atoms with Gasteiger partial charge in [-0.3, -0.25) is 0 Å². The maximum atomic E-state index is 5.49. The molecule has 0 aromatic heterocycles. The third-order valence-corrected chi connectivity index (χ3v) is 5.30. The van der Waals surface area contributed by atoms with E-state index in [2.05, 4.69) is 36.9 Å². The Labute approximate surface area is 78.3 Å². The van der Waals surface area contributed by atoms with E-state index in [1.807, 2.05) is 6.07 Å². The molecule has 0 fully saturated rings. The molecule has 0 bridgehead atoms. The fourth-order valence-corrected chi connectivity index (χ4v) is 3.45. The van der Waals surface area contributed by atoms with Crippen LogP contribution in [-0.2, 0) is 10.2 Å². The lowest BCUT2D eigenvalue weighted by Gasteiger charge is -2.04. The van der Waals surface area contributed by atoms with Crippen LogP contribution in [-0.4, -0.2) is 24.8 Å². The minimum absolute atomic E-state index is 0.639. The van der Waals surface area contributed by atoms with E-state index in [1.165, 1.54) is 5.56 Å². The van der Waals surface area contributed by atoms with Gasteiger partial charge in [-0.25, -0.2) is 0 Å². The van der Waals surface area contributed by atoms with Gasteiger partial charge in [0.1, 0.15) is 0 Å². The first kappa shape index (κ1) is 9.41. The number of hydrogen-bond donors (Lipinski definition) is 0. The summed E-state index contributed by atoms with van der Waals surface area (Å²) in [5.41, 5.74) is 3.60. The number of benzene rings is 1. The van der Waals surface area contributed by atoms with Crippen LogP contribution in [0, 0.1) is 0 Å². The molecule has 0 aliphatic heterocycles. The molecule has 1 aromatic rings. The van der Waals surface area contributed by atoms with E-state index in [0.29, 0.717) is 0 Å². The Bertz CT molecular complexity index is 256. The molecule has 0 aliphatic carbocycles. The van der Waals surface area contributed by atoms with Gasteiger partial charge in [0.25, 0.3) is 0 Å². The second-order valence-corrected chi connectivity index (χ2v) is 6.12. The number of hydrogen-bond acceptors (Lipinski definition) is 1. The fraction of sp³-hybridized carbons (Fsp3) is 0.222. The van der Waals surface area contributed by atoms with E-state index in [0.717, 1.165) is 16.5 Å². The summed E-state index contributed by atoms with van der Waals surface area (Å²) in [6.07, 6.45) is 0. The molecule has 0 saturated heterocycles. The van der Waals surface area contributed by atoms with Crippen molar-refractivity contribution >= 4 is 24.8 Å². The normalized spacial score (nSPS) is 11.6. The van der Waals surface area contributed by atoms with Crippen LogP contribution in [0.4, 0.5) is 0 Å². The maximum Gasteiger partial charge on any atom is 0.216 e. The van der Waals surface area contributed by atoms with Crippen molar-refractivity contribution < 1.29 is 4.12 Å². The summed E-state index contributed by atoms with van der Waals surface area (Å²) in [7, 11) is 0.218. The Morgan fingerprint density at radius 2 is 2.08 bits per heavy atom. The van der Waals surface area contributed by atoms with Gasteiger partial charge in [-0.15, -0.1) is 0 Å². The predicted octanol–water partition coefficient (Wildman–Crippen LogP) is 0.461. The van der Waals surface area contributed by atoms with Gasteiger partial charge in [-0.05, 0) is 12.5 Å². The Hall–Kier alpha value is -0.676. The van der Waals surface area contributed by atoms with E-state index < -0.39 is 8.65 Å². The van der Waals surface area contributed by atoms with Gasteiger partial charge in [0.2, 0.25) is 8.65 Å². The SMILES string of the molecule is CC=[Si](Cc1ccccc1)O[SiH3]. The molecule has 1 nitrogen and oxygen atoms in total. The first-order valence-electron chi connectivity index (χ1n) is 4.10. The molecule has 0 radical (unpaired) electrons. The summed E-state index contributed by atoms with van der Waals surface area (Å²) in [4.78, 5) is 0. The molecule has 0 amide bonds. The van der Waals surface area contributed by atoms with Gasteiger partial charge < -0.3 is 4.12 Å². The molecule has 0 spiro atoms. The zero-order valence-electron chi connectivity index (χ0n) is 7.58. The average molecular weight is 194 g/mol. The molecule has 1 rings (SSSR count). The predicted molar refractivity (Wildman–Crippen MR) is 58.7 cm³/mol. The number of rotatable bonds is 3. The van der Waals surface area contributed by atoms with Crippen LogP contribution >= 0.6 is 0 Å². The molecule has 64 valence electrons. The third kappa shape index (κ3) is 2.75. The van der Waals surface area contributed by atoms with Crippen LogP contribution in [0.3, 0.4) is 0 Å². The third-order valence-electron chi connectivity index (χ3n) is 1.81. The minimum Gasteiger partial charge on any atom is -0.612 e. The maximum absolute atomic E-state index is 5.49. The minimum atomic E-state index is -0.639. The molecule has 3 heteroatoms. The topological polar surface area (TPSA) is 9.23 Å². The quantitative estimate of drug-likeness (QED) is 0.635. The zero-order valence-corrected chi connectivity index (χ0v) is 10.6. The van der Waals surface area contributed by atoms with Gasteiger partial charge in [-0.1, -0.05) is 36.0 Å². The second-order valence-electron chi connectivity index (χ2n) is 2.62. The molecule has 0 saturated carbocycles. The first-order chi connectivity index (χ1) is 5.86. The highest BCUT2D eigenvalue weighted by molar-refractivity contribution is 6.62. The Morgan fingerprint density at radius 1 is 1.42 bits per heavy atom. The van der Waals surface area contributed by atoms with Gasteiger partial charge in [0.05, 0.1) is 0 Å². The van der Waals surface area contributed by atoms with Crippen molar-refractivity contribution in [3.8, 4) is 0 Å². The molecule has 0 N–H and O–H groups in total.